The van der Waals surface area contributed by atoms with Crippen LogP contribution >= 0.6 is 15.9 Å². The maximum absolute atomic E-state index is 14.2. The van der Waals surface area contributed by atoms with Crippen LogP contribution in [0, 0.1) is 23.6 Å². The van der Waals surface area contributed by atoms with E-state index in [1.165, 1.54) is 25.3 Å². The van der Waals surface area contributed by atoms with Crippen LogP contribution in [0.2, 0.25) is 0 Å². The lowest BCUT2D eigenvalue weighted by molar-refractivity contribution is -0.00765. The van der Waals surface area contributed by atoms with Crippen LogP contribution in [0.3, 0.4) is 0 Å². The van der Waals surface area contributed by atoms with Crippen LogP contribution in [0.25, 0.3) is 5.69 Å². The number of aromatic nitrogens is 4. The van der Waals surface area contributed by atoms with E-state index in [2.05, 4.69) is 26.3 Å². The molecular weight excluding hydrogens is 545 g/mol. The van der Waals surface area contributed by atoms with Gasteiger partial charge in [-0.3, -0.25) is 9.48 Å². The van der Waals surface area contributed by atoms with E-state index in [4.69, 9.17) is 5.10 Å². The van der Waals surface area contributed by atoms with Crippen LogP contribution in [-0.4, -0.2) is 25.5 Å². The van der Waals surface area contributed by atoms with Gasteiger partial charge in [0, 0.05) is 23.4 Å². The summed E-state index contributed by atoms with van der Waals surface area (Å²) in [4.78, 5) is 13.9. The van der Waals surface area contributed by atoms with E-state index in [-0.39, 0.29) is 23.7 Å². The number of para-hydroxylation sites is 1. The van der Waals surface area contributed by atoms with E-state index in [0.717, 1.165) is 48.4 Å². The Kier molecular flexibility index (Phi) is 5.76. The lowest BCUT2D eigenvalue weighted by atomic mass is 9.48. The fourth-order valence-electron chi connectivity index (χ4n) is 7.58. The van der Waals surface area contributed by atoms with Crippen molar-refractivity contribution in [2.75, 3.05) is 5.32 Å². The Morgan fingerprint density at radius 1 is 0.947 bits per heavy atom. The number of hydrogen-bond acceptors (Lipinski definition) is 3. The quantitative estimate of drug-likeness (QED) is 0.278. The highest BCUT2D eigenvalue weighted by atomic mass is 79.9. The van der Waals surface area contributed by atoms with Gasteiger partial charge in [-0.05, 0) is 90.4 Å². The summed E-state index contributed by atoms with van der Waals surface area (Å²) in [5.41, 5.74) is 2.98. The first-order chi connectivity index (χ1) is 18.5. The van der Waals surface area contributed by atoms with Gasteiger partial charge in [-0.2, -0.15) is 10.2 Å². The number of nitrogens with zero attached hydrogens (tertiary/aromatic N) is 4. The van der Waals surface area contributed by atoms with Crippen molar-refractivity contribution in [2.24, 2.45) is 17.8 Å². The molecule has 1 amide bonds. The summed E-state index contributed by atoms with van der Waals surface area (Å²) in [5, 5.41) is 12.7. The smallest absolute Gasteiger partial charge is 0.260 e. The predicted octanol–water partition coefficient (Wildman–Crippen LogP) is 6.74. The highest BCUT2D eigenvalue weighted by Gasteiger charge is 2.54. The van der Waals surface area contributed by atoms with Gasteiger partial charge in [-0.15, -0.1) is 0 Å². The Labute approximate surface area is 229 Å². The fourth-order valence-corrected chi connectivity index (χ4v) is 8.00. The molecule has 4 aromatic rings. The van der Waals surface area contributed by atoms with Gasteiger partial charge in [-0.1, -0.05) is 36.4 Å². The second-order valence-corrected chi connectivity index (χ2v) is 12.3. The van der Waals surface area contributed by atoms with Crippen molar-refractivity contribution in [3.63, 3.8) is 0 Å². The normalized spacial score (nSPS) is 25.6. The zero-order valence-corrected chi connectivity index (χ0v) is 22.6. The summed E-state index contributed by atoms with van der Waals surface area (Å²) in [6.07, 6.45) is 11.0. The number of rotatable bonds is 6. The van der Waals surface area contributed by atoms with Gasteiger partial charge in [0.25, 0.3) is 5.91 Å². The minimum absolute atomic E-state index is 0.0388. The molecule has 0 saturated heterocycles. The number of nitrogens with one attached hydrogen (secondary N) is 1. The van der Waals surface area contributed by atoms with Crippen molar-refractivity contribution in [2.45, 2.75) is 50.5 Å². The number of anilines is 1. The monoisotopic (exact) mass is 573 g/mol. The lowest BCUT2D eigenvalue weighted by Crippen LogP contribution is -2.49. The second kappa shape index (κ2) is 9.19. The summed E-state index contributed by atoms with van der Waals surface area (Å²) in [5.74, 6) is 2.13. The van der Waals surface area contributed by atoms with E-state index < -0.39 is 0 Å². The summed E-state index contributed by atoms with van der Waals surface area (Å²) < 4.78 is 18.3. The van der Waals surface area contributed by atoms with Crippen LogP contribution in [0.5, 0.6) is 0 Å². The number of amides is 1. The molecule has 4 fully saturated rings. The zero-order chi connectivity index (χ0) is 25.9. The van der Waals surface area contributed by atoms with Crippen LogP contribution < -0.4 is 5.32 Å². The number of carbonyl (C=O) groups is 1. The van der Waals surface area contributed by atoms with Gasteiger partial charge in [0.2, 0.25) is 0 Å². The van der Waals surface area contributed by atoms with Crippen molar-refractivity contribution >= 4 is 27.7 Å². The Bertz CT molecular complexity index is 1470. The van der Waals surface area contributed by atoms with Crippen LogP contribution in [0.4, 0.5) is 10.2 Å². The topological polar surface area (TPSA) is 64.7 Å². The number of benzene rings is 2. The molecule has 38 heavy (non-hydrogen) atoms. The van der Waals surface area contributed by atoms with Crippen LogP contribution in [-0.2, 0) is 12.0 Å². The van der Waals surface area contributed by atoms with E-state index in [9.17, 15) is 9.18 Å². The van der Waals surface area contributed by atoms with E-state index >= 15 is 0 Å². The third kappa shape index (κ3) is 4.19. The summed E-state index contributed by atoms with van der Waals surface area (Å²) in [7, 11) is 0. The molecule has 4 bridgehead atoms. The number of halogens is 2. The molecule has 4 saturated carbocycles. The maximum atomic E-state index is 14.2. The zero-order valence-electron chi connectivity index (χ0n) is 21.0. The molecule has 2 heterocycles. The molecule has 0 atom stereocenters. The first-order valence-electron chi connectivity index (χ1n) is 13.4. The molecule has 6 nitrogen and oxygen atoms in total. The average Bonchev–Trinajstić information content (AvgIpc) is 3.50. The third-order valence-electron chi connectivity index (χ3n) is 8.76. The summed E-state index contributed by atoms with van der Waals surface area (Å²) >= 11 is 3.53. The minimum atomic E-state index is -0.279. The summed E-state index contributed by atoms with van der Waals surface area (Å²) in [6, 6.07) is 16.6. The van der Waals surface area contributed by atoms with Gasteiger partial charge in [0.15, 0.2) is 5.82 Å². The van der Waals surface area contributed by atoms with Crippen molar-refractivity contribution in [3.05, 3.63) is 94.1 Å². The lowest BCUT2D eigenvalue weighted by Gasteiger charge is -2.56. The third-order valence-corrected chi connectivity index (χ3v) is 9.34. The molecule has 4 aliphatic rings. The maximum Gasteiger partial charge on any atom is 0.260 e. The Balaban J connectivity index is 1.22. The highest BCUT2D eigenvalue weighted by Crippen LogP contribution is 2.61. The molecule has 194 valence electrons. The van der Waals surface area contributed by atoms with E-state index in [1.54, 1.807) is 29.1 Å². The Hall–Kier alpha value is -3.26. The van der Waals surface area contributed by atoms with Crippen molar-refractivity contribution in [1.29, 1.82) is 0 Å². The number of carbonyl (C=O) groups excluding carboxylic acids is 1. The predicted molar refractivity (Wildman–Crippen MR) is 147 cm³/mol. The molecular formula is C30H29BrFN5O. The minimum Gasteiger partial charge on any atom is -0.304 e. The fraction of sp³-hybridized carbons (Fsp3) is 0.367. The standard InChI is InChI=1S/C30H29BrFN5O/c31-25-18-36(16-22-6-4-5-9-26(22)32)35-28(25)33-29(38)24-17-37(23-7-2-1-3-8-23)34-27(24)30-13-19-10-20(14-30)12-21(11-19)15-30/h1-9,17-21H,10-16H2,(H,33,35,38). The van der Waals surface area contributed by atoms with Gasteiger partial charge >= 0.3 is 0 Å². The molecule has 0 radical (unpaired) electrons. The molecule has 8 heteroatoms. The molecule has 2 aromatic heterocycles. The van der Waals surface area contributed by atoms with Gasteiger partial charge in [0.05, 0.1) is 28.0 Å². The molecule has 4 aliphatic carbocycles. The van der Waals surface area contributed by atoms with Gasteiger partial charge < -0.3 is 5.32 Å². The van der Waals surface area contributed by atoms with Gasteiger partial charge in [-0.25, -0.2) is 9.07 Å². The van der Waals surface area contributed by atoms with E-state index in [1.807, 2.05) is 41.2 Å². The largest absolute Gasteiger partial charge is 0.304 e. The molecule has 2 aromatic carbocycles. The highest BCUT2D eigenvalue weighted by molar-refractivity contribution is 9.10. The number of hydrogen-bond donors (Lipinski definition) is 1. The van der Waals surface area contributed by atoms with Crippen molar-refractivity contribution < 1.29 is 9.18 Å². The first kappa shape index (κ1) is 23.8. The second-order valence-electron chi connectivity index (χ2n) is 11.4. The molecule has 8 rings (SSSR count). The molecule has 0 unspecified atom stereocenters. The van der Waals surface area contributed by atoms with Crippen LogP contribution in [0.1, 0.15) is 60.1 Å². The van der Waals surface area contributed by atoms with E-state index in [0.29, 0.717) is 21.4 Å². The molecule has 0 spiro atoms. The Morgan fingerprint density at radius 2 is 1.61 bits per heavy atom. The van der Waals surface area contributed by atoms with Crippen molar-refractivity contribution in [3.8, 4) is 5.69 Å². The van der Waals surface area contributed by atoms with Crippen molar-refractivity contribution in [1.82, 2.24) is 19.6 Å². The molecule has 0 aliphatic heterocycles. The van der Waals surface area contributed by atoms with Gasteiger partial charge in [0.1, 0.15) is 5.82 Å². The SMILES string of the molecule is O=C(Nc1nn(Cc2ccccc2F)cc1Br)c1cn(-c2ccccc2)nc1C12CC3CC(CC(C3)C1)C2. The molecule has 1 N–H and O–H groups in total. The first-order valence-corrected chi connectivity index (χ1v) is 14.2. The Morgan fingerprint density at radius 3 is 2.29 bits per heavy atom. The summed E-state index contributed by atoms with van der Waals surface area (Å²) in [6.45, 7) is 0.269. The average molecular weight is 574 g/mol. The van der Waals surface area contributed by atoms with Crippen LogP contribution in [0.15, 0.2) is 71.5 Å².